The Bertz CT molecular complexity index is 1100. The molecule has 3 aromatic rings. The third-order valence-electron chi connectivity index (χ3n) is 5.02. The summed E-state index contributed by atoms with van der Waals surface area (Å²) >= 11 is 0. The first kappa shape index (κ1) is 21.1. The van der Waals surface area contributed by atoms with Crippen molar-refractivity contribution >= 4 is 26.9 Å². The van der Waals surface area contributed by atoms with E-state index in [1.807, 2.05) is 37.3 Å². The van der Waals surface area contributed by atoms with Crippen molar-refractivity contribution < 1.29 is 17.6 Å². The summed E-state index contributed by atoms with van der Waals surface area (Å²) in [6.45, 7) is 7.94. The van der Waals surface area contributed by atoms with Crippen molar-refractivity contribution in [3.05, 3.63) is 65.4 Å². The maximum atomic E-state index is 12.9. The highest BCUT2D eigenvalue weighted by atomic mass is 32.2. The van der Waals surface area contributed by atoms with Crippen LogP contribution in [-0.2, 0) is 10.0 Å². The largest absolute Gasteiger partial charge is 0.459 e. The standard InChI is InChI=1S/C22H26N2O4S/c1-5-24(6-2)29(26,27)18-12-11-15(3)19(14-18)22(25)23-16(4)21-13-17-9-7-8-10-20(17)28-21/h7-14,16H,5-6H2,1-4H3,(H,23,25)/t16-/m0/s1. The van der Waals surface area contributed by atoms with Gasteiger partial charge in [0.25, 0.3) is 5.91 Å². The molecular formula is C22H26N2O4S. The van der Waals surface area contributed by atoms with Gasteiger partial charge < -0.3 is 9.73 Å². The number of carbonyl (C=O) groups is 1. The van der Waals surface area contributed by atoms with Crippen molar-refractivity contribution in [1.82, 2.24) is 9.62 Å². The number of nitrogens with zero attached hydrogens (tertiary/aromatic N) is 1. The number of rotatable bonds is 7. The second-order valence-corrected chi connectivity index (χ2v) is 8.89. The fourth-order valence-corrected chi connectivity index (χ4v) is 4.76. The Kier molecular flexibility index (Phi) is 6.10. The molecule has 0 saturated heterocycles. The van der Waals surface area contributed by atoms with E-state index in [-0.39, 0.29) is 16.8 Å². The summed E-state index contributed by atoms with van der Waals surface area (Å²) in [5.41, 5.74) is 1.80. The van der Waals surface area contributed by atoms with Gasteiger partial charge in [-0.2, -0.15) is 4.31 Å². The van der Waals surface area contributed by atoms with Gasteiger partial charge in [0.15, 0.2) is 0 Å². The van der Waals surface area contributed by atoms with Gasteiger partial charge in [0, 0.05) is 24.0 Å². The minimum Gasteiger partial charge on any atom is -0.459 e. The van der Waals surface area contributed by atoms with Gasteiger partial charge in [-0.25, -0.2) is 8.42 Å². The van der Waals surface area contributed by atoms with Crippen LogP contribution in [0.2, 0.25) is 0 Å². The van der Waals surface area contributed by atoms with Crippen LogP contribution < -0.4 is 5.32 Å². The van der Waals surface area contributed by atoms with E-state index < -0.39 is 10.0 Å². The van der Waals surface area contributed by atoms with Crippen LogP contribution in [0.3, 0.4) is 0 Å². The molecule has 1 amide bonds. The molecule has 7 heteroatoms. The highest BCUT2D eigenvalue weighted by Crippen LogP contribution is 2.25. The molecule has 0 saturated carbocycles. The predicted molar refractivity (Wildman–Crippen MR) is 113 cm³/mol. The summed E-state index contributed by atoms with van der Waals surface area (Å²) in [5.74, 6) is 0.302. The zero-order chi connectivity index (χ0) is 21.2. The summed E-state index contributed by atoms with van der Waals surface area (Å²) < 4.78 is 32.8. The molecule has 2 aromatic carbocycles. The lowest BCUT2D eigenvalue weighted by Gasteiger charge is -2.19. The van der Waals surface area contributed by atoms with E-state index >= 15 is 0 Å². The second kappa shape index (κ2) is 8.39. The Balaban J connectivity index is 1.87. The van der Waals surface area contributed by atoms with Gasteiger partial charge in [0.2, 0.25) is 10.0 Å². The van der Waals surface area contributed by atoms with E-state index in [0.717, 1.165) is 11.0 Å². The maximum absolute atomic E-state index is 12.9. The first-order valence-electron chi connectivity index (χ1n) is 9.68. The highest BCUT2D eigenvalue weighted by Gasteiger charge is 2.24. The molecule has 0 radical (unpaired) electrons. The lowest BCUT2D eigenvalue weighted by molar-refractivity contribution is 0.0935. The number of fused-ring (bicyclic) bond motifs is 1. The average molecular weight is 415 g/mol. The van der Waals surface area contributed by atoms with Gasteiger partial charge in [0.1, 0.15) is 11.3 Å². The number of carbonyl (C=O) groups excluding carboxylic acids is 1. The number of sulfonamides is 1. The zero-order valence-electron chi connectivity index (χ0n) is 17.1. The number of furan rings is 1. The fraction of sp³-hybridized carbons (Fsp3) is 0.318. The van der Waals surface area contributed by atoms with Gasteiger partial charge in [-0.05, 0) is 43.7 Å². The summed E-state index contributed by atoms with van der Waals surface area (Å²) in [7, 11) is -3.64. The molecule has 1 atom stereocenters. The molecule has 6 nitrogen and oxygen atoms in total. The first-order valence-corrected chi connectivity index (χ1v) is 11.1. The van der Waals surface area contributed by atoms with Gasteiger partial charge in [-0.3, -0.25) is 4.79 Å². The minimum atomic E-state index is -3.64. The molecular weight excluding hydrogens is 388 g/mol. The van der Waals surface area contributed by atoms with Crippen molar-refractivity contribution in [2.24, 2.45) is 0 Å². The number of hydrogen-bond donors (Lipinski definition) is 1. The molecule has 0 aliphatic heterocycles. The third kappa shape index (κ3) is 4.21. The molecule has 29 heavy (non-hydrogen) atoms. The van der Waals surface area contributed by atoms with E-state index in [9.17, 15) is 13.2 Å². The normalized spacial score (nSPS) is 13.0. The van der Waals surface area contributed by atoms with Crippen LogP contribution in [0.4, 0.5) is 0 Å². The Morgan fingerprint density at radius 2 is 1.79 bits per heavy atom. The maximum Gasteiger partial charge on any atom is 0.252 e. The van der Waals surface area contributed by atoms with Gasteiger partial charge >= 0.3 is 0 Å². The fourth-order valence-electron chi connectivity index (χ4n) is 3.28. The summed E-state index contributed by atoms with van der Waals surface area (Å²) in [5, 5.41) is 3.87. The molecule has 3 rings (SSSR count). The second-order valence-electron chi connectivity index (χ2n) is 6.95. The number of benzene rings is 2. The number of nitrogens with one attached hydrogen (secondary N) is 1. The number of amides is 1. The van der Waals surface area contributed by atoms with Crippen LogP contribution in [0.15, 0.2) is 57.8 Å². The molecule has 1 heterocycles. The SMILES string of the molecule is CCN(CC)S(=O)(=O)c1ccc(C)c(C(=O)N[C@@H](C)c2cc3ccccc3o2)c1. The highest BCUT2D eigenvalue weighted by molar-refractivity contribution is 7.89. The molecule has 0 aliphatic carbocycles. The molecule has 0 bridgehead atoms. The van der Waals surface area contributed by atoms with Crippen molar-refractivity contribution in [2.75, 3.05) is 13.1 Å². The summed E-state index contributed by atoms with van der Waals surface area (Å²) in [6.07, 6.45) is 0. The van der Waals surface area contributed by atoms with Gasteiger partial charge in [-0.1, -0.05) is 38.1 Å². The Labute approximate surface area is 171 Å². The molecule has 1 N–H and O–H groups in total. The van der Waals surface area contributed by atoms with Crippen LogP contribution in [0.5, 0.6) is 0 Å². The number of para-hydroxylation sites is 1. The van der Waals surface area contributed by atoms with Crippen LogP contribution in [0.25, 0.3) is 11.0 Å². The van der Waals surface area contributed by atoms with Crippen LogP contribution >= 0.6 is 0 Å². The zero-order valence-corrected chi connectivity index (χ0v) is 17.9. The van der Waals surface area contributed by atoms with E-state index in [1.54, 1.807) is 32.9 Å². The molecule has 0 aliphatic rings. The quantitative estimate of drug-likeness (QED) is 0.626. The van der Waals surface area contributed by atoms with E-state index in [4.69, 9.17) is 4.42 Å². The minimum absolute atomic E-state index is 0.119. The molecule has 0 unspecified atom stereocenters. The van der Waals surface area contributed by atoms with Crippen LogP contribution in [-0.4, -0.2) is 31.7 Å². The lowest BCUT2D eigenvalue weighted by Crippen LogP contribution is -2.31. The summed E-state index contributed by atoms with van der Waals surface area (Å²) in [4.78, 5) is 13.0. The molecule has 154 valence electrons. The van der Waals surface area contributed by atoms with E-state index in [0.29, 0.717) is 30.0 Å². The Morgan fingerprint density at radius 3 is 2.45 bits per heavy atom. The van der Waals surface area contributed by atoms with Crippen molar-refractivity contribution in [3.63, 3.8) is 0 Å². The van der Waals surface area contributed by atoms with E-state index in [1.165, 1.54) is 10.4 Å². The van der Waals surface area contributed by atoms with Crippen LogP contribution in [0.1, 0.15) is 48.5 Å². The molecule has 1 aromatic heterocycles. The topological polar surface area (TPSA) is 79.6 Å². The molecule has 0 spiro atoms. The Morgan fingerprint density at radius 1 is 1.10 bits per heavy atom. The van der Waals surface area contributed by atoms with Crippen molar-refractivity contribution in [2.45, 2.75) is 38.6 Å². The predicted octanol–water partition coefficient (Wildman–Crippen LogP) is 4.26. The van der Waals surface area contributed by atoms with E-state index in [2.05, 4.69) is 5.32 Å². The Hall–Kier alpha value is -2.64. The van der Waals surface area contributed by atoms with Crippen molar-refractivity contribution in [3.8, 4) is 0 Å². The third-order valence-corrected chi connectivity index (χ3v) is 7.06. The van der Waals surface area contributed by atoms with Crippen LogP contribution in [0, 0.1) is 6.92 Å². The first-order chi connectivity index (χ1) is 13.8. The van der Waals surface area contributed by atoms with Crippen molar-refractivity contribution in [1.29, 1.82) is 0 Å². The number of aryl methyl sites for hydroxylation is 1. The monoisotopic (exact) mass is 414 g/mol. The molecule has 0 fully saturated rings. The smallest absolute Gasteiger partial charge is 0.252 e. The average Bonchev–Trinajstić information content (AvgIpc) is 3.13. The lowest BCUT2D eigenvalue weighted by atomic mass is 10.1. The van der Waals surface area contributed by atoms with Gasteiger partial charge in [-0.15, -0.1) is 0 Å². The number of hydrogen-bond acceptors (Lipinski definition) is 4. The van der Waals surface area contributed by atoms with Gasteiger partial charge in [0.05, 0.1) is 10.9 Å². The summed E-state index contributed by atoms with van der Waals surface area (Å²) in [6, 6.07) is 13.8.